The van der Waals surface area contributed by atoms with Crippen LogP contribution in [0.25, 0.3) is 6.08 Å². The fourth-order valence-electron chi connectivity index (χ4n) is 2.84. The molecule has 0 aromatic heterocycles. The van der Waals surface area contributed by atoms with E-state index < -0.39 is 0 Å². The third-order valence-corrected chi connectivity index (χ3v) is 4.38. The van der Waals surface area contributed by atoms with Crippen molar-refractivity contribution in [3.8, 4) is 11.5 Å². The summed E-state index contributed by atoms with van der Waals surface area (Å²) in [5, 5.41) is 0. The molecule has 0 N–H and O–H groups in total. The zero-order valence-electron chi connectivity index (χ0n) is 16.4. The van der Waals surface area contributed by atoms with E-state index in [0.29, 0.717) is 0 Å². The summed E-state index contributed by atoms with van der Waals surface area (Å²) in [4.78, 5) is 0. The molecule has 0 unspecified atom stereocenters. The molecule has 0 aliphatic heterocycles. The number of allylic oxidation sites excluding steroid dienone is 3. The normalized spacial score (nSPS) is 11.5. The van der Waals surface area contributed by atoms with Gasteiger partial charge in [0.1, 0.15) is 11.5 Å². The summed E-state index contributed by atoms with van der Waals surface area (Å²) >= 11 is 0. The van der Waals surface area contributed by atoms with Crippen molar-refractivity contribution in [3.63, 3.8) is 0 Å². The van der Waals surface area contributed by atoms with Gasteiger partial charge in [-0.1, -0.05) is 82.6 Å². The number of ether oxygens (including phenoxy) is 2. The van der Waals surface area contributed by atoms with Gasteiger partial charge in [0.15, 0.2) is 0 Å². The SMILES string of the molecule is CCCCCCCCCCCC=CC=Cc1cc(OC)cc(OC)c1. The fourth-order valence-corrected chi connectivity index (χ4v) is 2.84. The Morgan fingerprint density at radius 3 is 1.84 bits per heavy atom. The van der Waals surface area contributed by atoms with E-state index in [1.54, 1.807) is 14.2 Å². The zero-order chi connectivity index (χ0) is 18.2. The first kappa shape index (κ1) is 21.3. The molecule has 2 heteroatoms. The van der Waals surface area contributed by atoms with Crippen molar-refractivity contribution in [1.82, 2.24) is 0 Å². The Morgan fingerprint density at radius 1 is 0.720 bits per heavy atom. The number of methoxy groups -OCH3 is 2. The smallest absolute Gasteiger partial charge is 0.123 e. The number of hydrogen-bond acceptors (Lipinski definition) is 2. The van der Waals surface area contributed by atoms with E-state index in [4.69, 9.17) is 9.47 Å². The third kappa shape index (κ3) is 10.7. The minimum Gasteiger partial charge on any atom is -0.497 e. The van der Waals surface area contributed by atoms with Gasteiger partial charge in [0.2, 0.25) is 0 Å². The lowest BCUT2D eigenvalue weighted by Crippen LogP contribution is -1.87. The van der Waals surface area contributed by atoms with E-state index in [1.807, 2.05) is 18.2 Å². The molecule has 0 aliphatic rings. The van der Waals surface area contributed by atoms with Crippen LogP contribution in [0.5, 0.6) is 11.5 Å². The van der Waals surface area contributed by atoms with Crippen LogP contribution in [0, 0.1) is 0 Å². The highest BCUT2D eigenvalue weighted by atomic mass is 16.5. The van der Waals surface area contributed by atoms with Gasteiger partial charge in [-0.25, -0.2) is 0 Å². The predicted octanol–water partition coefficient (Wildman–Crippen LogP) is 7.19. The standard InChI is InChI=1S/C23H36O2/c1-4-5-6-7-8-9-10-11-12-13-14-15-16-17-21-18-22(24-2)20-23(19-21)25-3/h14-20H,4-13H2,1-3H3. The third-order valence-electron chi connectivity index (χ3n) is 4.38. The van der Waals surface area contributed by atoms with Gasteiger partial charge in [0, 0.05) is 6.07 Å². The number of benzene rings is 1. The summed E-state index contributed by atoms with van der Waals surface area (Å²) in [5.41, 5.74) is 1.09. The van der Waals surface area contributed by atoms with Crippen LogP contribution in [-0.4, -0.2) is 14.2 Å². The maximum absolute atomic E-state index is 5.28. The van der Waals surface area contributed by atoms with Crippen LogP contribution >= 0.6 is 0 Å². The molecule has 140 valence electrons. The highest BCUT2D eigenvalue weighted by Gasteiger charge is 1.98. The van der Waals surface area contributed by atoms with Gasteiger partial charge in [-0.15, -0.1) is 0 Å². The second-order valence-electron chi connectivity index (χ2n) is 6.55. The Bertz CT molecular complexity index is 481. The summed E-state index contributed by atoms with van der Waals surface area (Å²) < 4.78 is 10.6. The van der Waals surface area contributed by atoms with Gasteiger partial charge in [-0.05, 0) is 30.5 Å². The number of rotatable bonds is 14. The van der Waals surface area contributed by atoms with Crippen LogP contribution in [-0.2, 0) is 0 Å². The van der Waals surface area contributed by atoms with Gasteiger partial charge in [0.25, 0.3) is 0 Å². The van der Waals surface area contributed by atoms with Crippen LogP contribution in [0.2, 0.25) is 0 Å². The highest BCUT2D eigenvalue weighted by molar-refractivity contribution is 5.56. The minimum atomic E-state index is 0.817. The quantitative estimate of drug-likeness (QED) is 0.262. The number of unbranched alkanes of at least 4 members (excludes halogenated alkanes) is 9. The second-order valence-corrected chi connectivity index (χ2v) is 6.55. The van der Waals surface area contributed by atoms with Crippen LogP contribution in [0.15, 0.2) is 36.4 Å². The molecule has 0 amide bonds. The van der Waals surface area contributed by atoms with Gasteiger partial charge >= 0.3 is 0 Å². The molecular weight excluding hydrogens is 308 g/mol. The average molecular weight is 345 g/mol. The van der Waals surface area contributed by atoms with E-state index in [9.17, 15) is 0 Å². The van der Waals surface area contributed by atoms with Crippen LogP contribution < -0.4 is 9.47 Å². The molecule has 25 heavy (non-hydrogen) atoms. The van der Waals surface area contributed by atoms with Crippen molar-refractivity contribution in [1.29, 1.82) is 0 Å². The molecule has 0 saturated heterocycles. The van der Waals surface area contributed by atoms with Gasteiger partial charge < -0.3 is 9.47 Å². The van der Waals surface area contributed by atoms with Crippen molar-refractivity contribution < 1.29 is 9.47 Å². The summed E-state index contributed by atoms with van der Waals surface area (Å²) in [6.45, 7) is 2.27. The molecule has 0 aliphatic carbocycles. The summed E-state index contributed by atoms with van der Waals surface area (Å²) in [5.74, 6) is 1.63. The average Bonchev–Trinajstić information content (AvgIpc) is 2.65. The van der Waals surface area contributed by atoms with Crippen LogP contribution in [0.4, 0.5) is 0 Å². The Hall–Kier alpha value is -1.70. The van der Waals surface area contributed by atoms with E-state index in [-0.39, 0.29) is 0 Å². The molecular formula is C23H36O2. The lowest BCUT2D eigenvalue weighted by molar-refractivity contribution is 0.394. The van der Waals surface area contributed by atoms with Gasteiger partial charge in [-0.2, -0.15) is 0 Å². The molecule has 0 bridgehead atoms. The summed E-state index contributed by atoms with van der Waals surface area (Å²) in [7, 11) is 3.35. The first-order chi connectivity index (χ1) is 12.3. The molecule has 1 aromatic carbocycles. The van der Waals surface area contributed by atoms with Crippen LogP contribution in [0.1, 0.15) is 76.7 Å². The molecule has 0 heterocycles. The van der Waals surface area contributed by atoms with E-state index in [2.05, 4.69) is 31.2 Å². The molecule has 0 spiro atoms. The lowest BCUT2D eigenvalue weighted by Gasteiger charge is -2.05. The Kier molecular flexibility index (Phi) is 12.5. The van der Waals surface area contributed by atoms with Gasteiger partial charge in [0.05, 0.1) is 14.2 Å². The molecule has 0 saturated carbocycles. The van der Waals surface area contributed by atoms with Crippen LogP contribution in [0.3, 0.4) is 0 Å². The molecule has 1 aromatic rings. The molecule has 0 radical (unpaired) electrons. The zero-order valence-corrected chi connectivity index (χ0v) is 16.4. The van der Waals surface area contributed by atoms with Crippen molar-refractivity contribution in [2.75, 3.05) is 14.2 Å². The highest BCUT2D eigenvalue weighted by Crippen LogP contribution is 2.23. The lowest BCUT2D eigenvalue weighted by atomic mass is 10.1. The van der Waals surface area contributed by atoms with E-state index >= 15 is 0 Å². The van der Waals surface area contributed by atoms with Crippen molar-refractivity contribution >= 4 is 6.08 Å². The Labute approximate surface area is 154 Å². The first-order valence-corrected chi connectivity index (χ1v) is 9.86. The predicted molar refractivity (Wildman–Crippen MR) is 110 cm³/mol. The molecule has 0 atom stereocenters. The Balaban J connectivity index is 2.14. The second kappa shape index (κ2) is 14.6. The topological polar surface area (TPSA) is 18.5 Å². The molecule has 0 fully saturated rings. The maximum Gasteiger partial charge on any atom is 0.123 e. The van der Waals surface area contributed by atoms with Crippen molar-refractivity contribution in [2.45, 2.75) is 71.1 Å². The van der Waals surface area contributed by atoms with E-state index in [0.717, 1.165) is 17.1 Å². The summed E-state index contributed by atoms with van der Waals surface area (Å²) in [6.07, 6.45) is 22.2. The molecule has 1 rings (SSSR count). The minimum absolute atomic E-state index is 0.817. The van der Waals surface area contributed by atoms with E-state index in [1.165, 1.54) is 64.2 Å². The monoisotopic (exact) mass is 344 g/mol. The number of hydrogen-bond donors (Lipinski definition) is 0. The first-order valence-electron chi connectivity index (χ1n) is 9.86. The van der Waals surface area contributed by atoms with Gasteiger partial charge in [-0.3, -0.25) is 0 Å². The van der Waals surface area contributed by atoms with Crippen molar-refractivity contribution in [3.05, 3.63) is 42.0 Å². The molecule has 2 nitrogen and oxygen atoms in total. The summed E-state index contributed by atoms with van der Waals surface area (Å²) in [6, 6.07) is 5.90. The fraction of sp³-hybridized carbons (Fsp3) is 0.565. The maximum atomic E-state index is 5.28. The van der Waals surface area contributed by atoms with Crippen molar-refractivity contribution in [2.24, 2.45) is 0 Å². The Morgan fingerprint density at radius 2 is 1.28 bits per heavy atom. The largest absolute Gasteiger partial charge is 0.497 e.